The zero-order chi connectivity index (χ0) is 14.3. The number of carboxylic acid groups (broad SMARTS) is 1. The van der Waals surface area contributed by atoms with Crippen LogP contribution in [0.1, 0.15) is 0 Å². The molecule has 8 heteroatoms. The van der Waals surface area contributed by atoms with Crippen LogP contribution in [0, 0.1) is 0 Å². The lowest BCUT2D eigenvalue weighted by atomic mass is 10.3. The van der Waals surface area contributed by atoms with Crippen molar-refractivity contribution < 1.29 is 32.5 Å². The quantitative estimate of drug-likeness (QED) is 0.784. The summed E-state index contributed by atoms with van der Waals surface area (Å²) < 4.78 is 45.2. The number of thioether (sulfide) groups is 1. The number of halogens is 3. The van der Waals surface area contributed by atoms with Crippen molar-refractivity contribution in [1.82, 2.24) is 0 Å². The molecule has 0 aromatic heterocycles. The number of hydrogen-bond acceptors (Lipinski definition) is 4. The first kappa shape index (κ1) is 15.5. The maximum atomic E-state index is 12.1. The molecular weight excluding hydrogens is 285 g/mol. The van der Waals surface area contributed by atoms with Crippen LogP contribution in [0.2, 0.25) is 0 Å². The molecule has 1 rings (SSSR count). The summed E-state index contributed by atoms with van der Waals surface area (Å²) in [5, 5.41) is 8.39. The number of carboxylic acids is 1. The minimum atomic E-state index is -4.78. The Morgan fingerprint density at radius 3 is 2.47 bits per heavy atom. The molecule has 1 aromatic carbocycles. The van der Waals surface area contributed by atoms with Crippen molar-refractivity contribution in [3.63, 3.8) is 0 Å². The number of rotatable bonds is 7. The average Bonchev–Trinajstić information content (AvgIpc) is 2.28. The number of para-hydroxylation sites is 2. The zero-order valence-corrected chi connectivity index (χ0v) is 10.5. The fourth-order valence-electron chi connectivity index (χ4n) is 1.15. The van der Waals surface area contributed by atoms with Gasteiger partial charge in [-0.15, -0.1) is 24.9 Å². The molecule has 0 spiro atoms. The molecule has 0 saturated carbocycles. The Hall–Kier alpha value is -1.57. The molecule has 1 aromatic rings. The predicted octanol–water partition coefficient (Wildman–Crippen LogP) is 2.78. The van der Waals surface area contributed by atoms with E-state index in [0.29, 0.717) is 5.75 Å². The smallest absolute Gasteiger partial charge is 0.489 e. The zero-order valence-electron chi connectivity index (χ0n) is 9.64. The summed E-state index contributed by atoms with van der Waals surface area (Å²) in [7, 11) is 0. The van der Waals surface area contributed by atoms with Gasteiger partial charge in [0.2, 0.25) is 0 Å². The normalized spacial score (nSPS) is 11.1. The maximum Gasteiger partial charge on any atom is 0.573 e. The van der Waals surface area contributed by atoms with Crippen molar-refractivity contribution in [3.8, 4) is 11.5 Å². The molecule has 0 saturated heterocycles. The Kier molecular flexibility index (Phi) is 5.81. The first-order valence-electron chi connectivity index (χ1n) is 5.15. The summed E-state index contributed by atoms with van der Waals surface area (Å²) in [6.07, 6.45) is -4.78. The monoisotopic (exact) mass is 296 g/mol. The second-order valence-corrected chi connectivity index (χ2v) is 4.39. The van der Waals surface area contributed by atoms with Gasteiger partial charge >= 0.3 is 12.3 Å². The van der Waals surface area contributed by atoms with Gasteiger partial charge in [-0.2, -0.15) is 0 Å². The van der Waals surface area contributed by atoms with Crippen molar-refractivity contribution >= 4 is 17.7 Å². The molecule has 19 heavy (non-hydrogen) atoms. The SMILES string of the molecule is O=C(O)CSCCOc1ccccc1OC(F)(F)F. The molecular formula is C11H11F3O4S. The molecule has 0 fully saturated rings. The van der Waals surface area contributed by atoms with Gasteiger partial charge in [0.05, 0.1) is 12.4 Å². The Bertz CT molecular complexity index is 423. The third-order valence-corrected chi connectivity index (χ3v) is 2.69. The first-order valence-corrected chi connectivity index (χ1v) is 6.31. The number of carbonyl (C=O) groups is 1. The van der Waals surface area contributed by atoms with Gasteiger partial charge in [0.25, 0.3) is 0 Å². The third kappa shape index (κ3) is 6.80. The minimum Gasteiger partial charge on any atom is -0.489 e. The summed E-state index contributed by atoms with van der Waals surface area (Å²) in [5.41, 5.74) is 0. The van der Waals surface area contributed by atoms with E-state index in [1.807, 2.05) is 0 Å². The van der Waals surface area contributed by atoms with Crippen LogP contribution in [0.5, 0.6) is 11.5 Å². The summed E-state index contributed by atoms with van der Waals surface area (Å²) in [5.74, 6) is -1.13. The molecule has 0 bridgehead atoms. The van der Waals surface area contributed by atoms with Crippen molar-refractivity contribution in [2.24, 2.45) is 0 Å². The Labute approximate surface area is 111 Å². The van der Waals surface area contributed by atoms with Crippen LogP contribution in [0.25, 0.3) is 0 Å². The van der Waals surface area contributed by atoms with Crippen LogP contribution in [0.15, 0.2) is 24.3 Å². The van der Waals surface area contributed by atoms with E-state index < -0.39 is 18.1 Å². The lowest BCUT2D eigenvalue weighted by Gasteiger charge is -2.13. The van der Waals surface area contributed by atoms with E-state index in [-0.39, 0.29) is 18.1 Å². The average molecular weight is 296 g/mol. The molecule has 4 nitrogen and oxygen atoms in total. The van der Waals surface area contributed by atoms with E-state index in [0.717, 1.165) is 17.8 Å². The fraction of sp³-hybridized carbons (Fsp3) is 0.364. The number of benzene rings is 1. The number of hydrogen-bond donors (Lipinski definition) is 1. The highest BCUT2D eigenvalue weighted by Crippen LogP contribution is 2.31. The van der Waals surface area contributed by atoms with Crippen LogP contribution >= 0.6 is 11.8 Å². The van der Waals surface area contributed by atoms with Crippen LogP contribution in [-0.4, -0.2) is 35.6 Å². The van der Waals surface area contributed by atoms with Crippen molar-refractivity contribution in [2.45, 2.75) is 6.36 Å². The molecule has 0 aliphatic rings. The van der Waals surface area contributed by atoms with E-state index in [9.17, 15) is 18.0 Å². The van der Waals surface area contributed by atoms with E-state index in [1.165, 1.54) is 18.2 Å². The standard InChI is InChI=1S/C11H11F3O4S/c12-11(13,14)18-9-4-2-1-3-8(9)17-5-6-19-7-10(15)16/h1-4H,5-7H2,(H,15,16). The van der Waals surface area contributed by atoms with Crippen LogP contribution < -0.4 is 9.47 Å². The Balaban J connectivity index is 2.47. The van der Waals surface area contributed by atoms with E-state index in [2.05, 4.69) is 4.74 Å². The van der Waals surface area contributed by atoms with Gasteiger partial charge in [0, 0.05) is 5.75 Å². The highest BCUT2D eigenvalue weighted by Gasteiger charge is 2.32. The lowest BCUT2D eigenvalue weighted by Crippen LogP contribution is -2.18. The van der Waals surface area contributed by atoms with Crippen LogP contribution in [-0.2, 0) is 4.79 Å². The molecule has 0 aliphatic heterocycles. The summed E-state index contributed by atoms with van der Waals surface area (Å²) in [4.78, 5) is 10.2. The fourth-order valence-corrected chi connectivity index (χ4v) is 1.67. The van der Waals surface area contributed by atoms with Crippen molar-refractivity contribution in [2.75, 3.05) is 18.1 Å². The van der Waals surface area contributed by atoms with Crippen molar-refractivity contribution in [1.29, 1.82) is 0 Å². The molecule has 0 heterocycles. The topological polar surface area (TPSA) is 55.8 Å². The number of ether oxygens (including phenoxy) is 2. The summed E-state index contributed by atoms with van der Waals surface area (Å²) in [6.45, 7) is 0.0934. The lowest BCUT2D eigenvalue weighted by molar-refractivity contribution is -0.275. The molecule has 0 amide bonds. The van der Waals surface area contributed by atoms with Crippen LogP contribution in [0.4, 0.5) is 13.2 Å². The highest BCUT2D eigenvalue weighted by atomic mass is 32.2. The Morgan fingerprint density at radius 1 is 1.26 bits per heavy atom. The second-order valence-electron chi connectivity index (χ2n) is 3.29. The molecule has 106 valence electrons. The van der Waals surface area contributed by atoms with Gasteiger partial charge in [-0.25, -0.2) is 0 Å². The summed E-state index contributed by atoms with van der Waals surface area (Å²) >= 11 is 1.11. The number of alkyl halides is 3. The highest BCUT2D eigenvalue weighted by molar-refractivity contribution is 7.99. The summed E-state index contributed by atoms with van der Waals surface area (Å²) in [6, 6.07) is 5.41. The molecule has 0 unspecified atom stereocenters. The van der Waals surface area contributed by atoms with Gasteiger partial charge in [-0.3, -0.25) is 4.79 Å². The molecule has 0 atom stereocenters. The van der Waals surface area contributed by atoms with Gasteiger partial charge < -0.3 is 14.6 Å². The van der Waals surface area contributed by atoms with Gasteiger partial charge in [0.1, 0.15) is 0 Å². The minimum absolute atomic E-state index is 0.0317. The first-order chi connectivity index (χ1) is 8.88. The van der Waals surface area contributed by atoms with Gasteiger partial charge in [-0.05, 0) is 12.1 Å². The molecule has 1 N–H and O–H groups in total. The van der Waals surface area contributed by atoms with Gasteiger partial charge in [0.15, 0.2) is 11.5 Å². The maximum absolute atomic E-state index is 12.1. The molecule has 0 aliphatic carbocycles. The van der Waals surface area contributed by atoms with Crippen molar-refractivity contribution in [3.05, 3.63) is 24.3 Å². The predicted molar refractivity (Wildman–Crippen MR) is 63.6 cm³/mol. The molecule has 0 radical (unpaired) electrons. The number of aliphatic carboxylic acids is 1. The van der Waals surface area contributed by atoms with E-state index in [1.54, 1.807) is 0 Å². The third-order valence-electron chi connectivity index (χ3n) is 1.79. The van der Waals surface area contributed by atoms with Crippen LogP contribution in [0.3, 0.4) is 0 Å². The van der Waals surface area contributed by atoms with E-state index in [4.69, 9.17) is 9.84 Å². The Morgan fingerprint density at radius 2 is 1.89 bits per heavy atom. The van der Waals surface area contributed by atoms with Gasteiger partial charge in [-0.1, -0.05) is 12.1 Å². The second kappa shape index (κ2) is 7.13. The largest absolute Gasteiger partial charge is 0.573 e. The van der Waals surface area contributed by atoms with E-state index >= 15 is 0 Å².